The summed E-state index contributed by atoms with van der Waals surface area (Å²) in [6, 6.07) is 0.711. The highest BCUT2D eigenvalue weighted by atomic mass is 16.5. The average Bonchev–Trinajstić information content (AvgIpc) is 2.96. The van der Waals surface area contributed by atoms with Gasteiger partial charge in [-0.3, -0.25) is 9.58 Å². The summed E-state index contributed by atoms with van der Waals surface area (Å²) in [6.07, 6.45) is 7.52. The highest BCUT2D eigenvalue weighted by Gasteiger charge is 2.34. The van der Waals surface area contributed by atoms with Gasteiger partial charge < -0.3 is 10.5 Å². The SMILES string of the molecule is Cn1cc(CC(N)C2CN3CCCC3CO2)cn1. The van der Waals surface area contributed by atoms with Crippen LogP contribution in [0.5, 0.6) is 0 Å². The molecule has 0 saturated carbocycles. The molecule has 0 aromatic carbocycles. The van der Waals surface area contributed by atoms with Crippen LogP contribution in [0.4, 0.5) is 0 Å². The van der Waals surface area contributed by atoms with E-state index in [1.165, 1.54) is 24.9 Å². The predicted molar refractivity (Wildman–Crippen MR) is 69.2 cm³/mol. The van der Waals surface area contributed by atoms with E-state index in [4.69, 9.17) is 10.5 Å². The van der Waals surface area contributed by atoms with Crippen molar-refractivity contribution in [1.82, 2.24) is 14.7 Å². The smallest absolute Gasteiger partial charge is 0.0856 e. The van der Waals surface area contributed by atoms with Crippen molar-refractivity contribution in [3.05, 3.63) is 18.0 Å². The van der Waals surface area contributed by atoms with E-state index in [-0.39, 0.29) is 12.1 Å². The standard InChI is InChI=1S/C13H22N4O/c1-16-7-10(6-15-16)5-12(14)13-8-17-4-2-3-11(17)9-18-13/h6-7,11-13H,2-5,8-9,14H2,1H3. The number of ether oxygens (including phenoxy) is 1. The Hall–Kier alpha value is -0.910. The third kappa shape index (κ3) is 2.43. The van der Waals surface area contributed by atoms with Gasteiger partial charge in [0.25, 0.3) is 0 Å². The molecule has 0 radical (unpaired) electrons. The third-order valence-corrected chi connectivity index (χ3v) is 4.12. The molecule has 5 nitrogen and oxygen atoms in total. The van der Waals surface area contributed by atoms with Crippen molar-refractivity contribution >= 4 is 0 Å². The van der Waals surface area contributed by atoms with Crippen molar-refractivity contribution in [2.24, 2.45) is 12.8 Å². The first-order valence-electron chi connectivity index (χ1n) is 6.81. The van der Waals surface area contributed by atoms with Gasteiger partial charge in [0.05, 0.1) is 18.9 Å². The molecule has 3 heterocycles. The fraction of sp³-hybridized carbons (Fsp3) is 0.769. The number of aromatic nitrogens is 2. The highest BCUT2D eigenvalue weighted by molar-refractivity contribution is 5.07. The lowest BCUT2D eigenvalue weighted by Crippen LogP contribution is -2.53. The molecule has 18 heavy (non-hydrogen) atoms. The van der Waals surface area contributed by atoms with Gasteiger partial charge in [-0.1, -0.05) is 0 Å². The first-order chi connectivity index (χ1) is 8.72. The van der Waals surface area contributed by atoms with Gasteiger partial charge in [0.15, 0.2) is 0 Å². The Morgan fingerprint density at radius 3 is 3.28 bits per heavy atom. The molecule has 0 aliphatic carbocycles. The van der Waals surface area contributed by atoms with Crippen LogP contribution in [0.2, 0.25) is 0 Å². The van der Waals surface area contributed by atoms with Crippen LogP contribution in [0.1, 0.15) is 18.4 Å². The molecule has 0 amide bonds. The van der Waals surface area contributed by atoms with Crippen LogP contribution in [0.25, 0.3) is 0 Å². The molecule has 3 atom stereocenters. The Morgan fingerprint density at radius 2 is 2.50 bits per heavy atom. The first-order valence-corrected chi connectivity index (χ1v) is 6.81. The minimum Gasteiger partial charge on any atom is -0.374 e. The highest BCUT2D eigenvalue weighted by Crippen LogP contribution is 2.24. The Balaban J connectivity index is 1.57. The number of morpholine rings is 1. The second kappa shape index (κ2) is 4.99. The normalized spacial score (nSPS) is 30.3. The summed E-state index contributed by atoms with van der Waals surface area (Å²) in [5.41, 5.74) is 7.48. The Bertz CT molecular complexity index is 405. The molecule has 2 aliphatic rings. The summed E-state index contributed by atoms with van der Waals surface area (Å²) in [4.78, 5) is 2.54. The van der Waals surface area contributed by atoms with Crippen molar-refractivity contribution in [2.45, 2.75) is 37.5 Å². The lowest BCUT2D eigenvalue weighted by Gasteiger charge is -2.37. The summed E-state index contributed by atoms with van der Waals surface area (Å²) in [7, 11) is 1.93. The van der Waals surface area contributed by atoms with Crippen LogP contribution in [0.15, 0.2) is 12.4 Å². The van der Waals surface area contributed by atoms with E-state index in [1.54, 1.807) is 0 Å². The number of aryl methyl sites for hydroxylation is 1. The maximum absolute atomic E-state index is 6.28. The summed E-state index contributed by atoms with van der Waals surface area (Å²) < 4.78 is 7.76. The Kier molecular flexibility index (Phi) is 3.37. The fourth-order valence-electron chi connectivity index (χ4n) is 3.08. The lowest BCUT2D eigenvalue weighted by atomic mass is 10.0. The van der Waals surface area contributed by atoms with Gasteiger partial charge in [-0.15, -0.1) is 0 Å². The van der Waals surface area contributed by atoms with Crippen LogP contribution >= 0.6 is 0 Å². The second-order valence-electron chi connectivity index (χ2n) is 5.55. The van der Waals surface area contributed by atoms with Gasteiger partial charge in [0.2, 0.25) is 0 Å². The van der Waals surface area contributed by atoms with E-state index in [0.29, 0.717) is 6.04 Å². The molecule has 0 bridgehead atoms. The zero-order valence-electron chi connectivity index (χ0n) is 11.0. The number of nitrogens with two attached hydrogens (primary N) is 1. The molecule has 2 N–H and O–H groups in total. The fourth-order valence-corrected chi connectivity index (χ4v) is 3.08. The van der Waals surface area contributed by atoms with E-state index < -0.39 is 0 Å². The molecule has 2 aliphatic heterocycles. The number of fused-ring (bicyclic) bond motifs is 1. The molecule has 1 aromatic heterocycles. The Morgan fingerprint density at radius 1 is 1.61 bits per heavy atom. The minimum absolute atomic E-state index is 0.0655. The van der Waals surface area contributed by atoms with Crippen LogP contribution in [-0.4, -0.2) is 52.6 Å². The second-order valence-corrected chi connectivity index (χ2v) is 5.55. The summed E-state index contributed by atoms with van der Waals surface area (Å²) >= 11 is 0. The molecule has 100 valence electrons. The van der Waals surface area contributed by atoms with E-state index in [1.807, 2.05) is 24.1 Å². The molecule has 1 aromatic rings. The maximum Gasteiger partial charge on any atom is 0.0856 e. The zero-order chi connectivity index (χ0) is 12.5. The first kappa shape index (κ1) is 12.1. The third-order valence-electron chi connectivity index (χ3n) is 4.12. The Labute approximate surface area is 108 Å². The summed E-state index contributed by atoms with van der Waals surface area (Å²) in [5.74, 6) is 0. The molecule has 2 fully saturated rings. The molecule has 2 saturated heterocycles. The molecule has 5 heteroatoms. The van der Waals surface area contributed by atoms with Gasteiger partial charge in [-0.2, -0.15) is 5.10 Å². The molecule has 3 unspecified atom stereocenters. The summed E-state index contributed by atoms with van der Waals surface area (Å²) in [6.45, 7) is 3.06. The quantitative estimate of drug-likeness (QED) is 0.830. The summed E-state index contributed by atoms with van der Waals surface area (Å²) in [5, 5.41) is 4.18. The van der Waals surface area contributed by atoms with Gasteiger partial charge in [-0.05, 0) is 31.4 Å². The van der Waals surface area contributed by atoms with E-state index in [0.717, 1.165) is 19.6 Å². The van der Waals surface area contributed by atoms with Gasteiger partial charge in [-0.25, -0.2) is 0 Å². The van der Waals surface area contributed by atoms with E-state index in [2.05, 4.69) is 10.00 Å². The van der Waals surface area contributed by atoms with Crippen LogP contribution in [0.3, 0.4) is 0 Å². The number of rotatable bonds is 3. The molecule has 0 spiro atoms. The number of nitrogens with zero attached hydrogens (tertiary/aromatic N) is 3. The zero-order valence-corrected chi connectivity index (χ0v) is 11.0. The van der Waals surface area contributed by atoms with Gasteiger partial charge >= 0.3 is 0 Å². The van der Waals surface area contributed by atoms with Gasteiger partial charge in [0, 0.05) is 31.9 Å². The van der Waals surface area contributed by atoms with Crippen molar-refractivity contribution < 1.29 is 4.74 Å². The van der Waals surface area contributed by atoms with Crippen LogP contribution < -0.4 is 5.73 Å². The number of hydrogen-bond acceptors (Lipinski definition) is 4. The molecule has 3 rings (SSSR count). The van der Waals surface area contributed by atoms with Crippen molar-refractivity contribution in [1.29, 1.82) is 0 Å². The van der Waals surface area contributed by atoms with Crippen molar-refractivity contribution in [3.63, 3.8) is 0 Å². The van der Waals surface area contributed by atoms with Gasteiger partial charge in [0.1, 0.15) is 0 Å². The predicted octanol–water partition coefficient (Wildman–Crippen LogP) is 0.153. The van der Waals surface area contributed by atoms with Crippen molar-refractivity contribution in [2.75, 3.05) is 19.7 Å². The topological polar surface area (TPSA) is 56.3 Å². The average molecular weight is 250 g/mol. The maximum atomic E-state index is 6.28. The van der Waals surface area contributed by atoms with E-state index in [9.17, 15) is 0 Å². The van der Waals surface area contributed by atoms with E-state index >= 15 is 0 Å². The molecular weight excluding hydrogens is 228 g/mol. The molecular formula is C13H22N4O. The number of hydrogen-bond donors (Lipinski definition) is 1. The minimum atomic E-state index is 0.0655. The van der Waals surface area contributed by atoms with Crippen LogP contribution in [-0.2, 0) is 18.2 Å². The van der Waals surface area contributed by atoms with Crippen LogP contribution in [0, 0.1) is 0 Å². The lowest BCUT2D eigenvalue weighted by molar-refractivity contribution is -0.0589. The monoisotopic (exact) mass is 250 g/mol. The van der Waals surface area contributed by atoms with Crippen molar-refractivity contribution in [3.8, 4) is 0 Å². The largest absolute Gasteiger partial charge is 0.374 e.